The molecule has 2 aliphatic rings. The topological polar surface area (TPSA) is 52.6 Å². The van der Waals surface area contributed by atoms with Crippen LogP contribution in [0.1, 0.15) is 24.8 Å². The lowest BCUT2D eigenvalue weighted by atomic mass is 9.96. The number of piperidine rings is 1. The molecule has 0 spiro atoms. The van der Waals surface area contributed by atoms with Gasteiger partial charge in [0.05, 0.1) is 6.10 Å². The first-order chi connectivity index (χ1) is 9.24. The van der Waals surface area contributed by atoms with Crippen molar-refractivity contribution in [3.63, 3.8) is 0 Å². The summed E-state index contributed by atoms with van der Waals surface area (Å²) in [5.74, 6) is 0.182. The summed E-state index contributed by atoms with van der Waals surface area (Å²) in [5, 5.41) is 12.8. The average molecular weight is 260 g/mol. The van der Waals surface area contributed by atoms with Gasteiger partial charge in [0.25, 0.3) is 0 Å². The van der Waals surface area contributed by atoms with Gasteiger partial charge in [-0.1, -0.05) is 18.2 Å². The van der Waals surface area contributed by atoms with Gasteiger partial charge in [0.2, 0.25) is 5.91 Å². The van der Waals surface area contributed by atoms with E-state index in [0.29, 0.717) is 25.9 Å². The Hall–Kier alpha value is -1.55. The highest BCUT2D eigenvalue weighted by Gasteiger charge is 2.29. The third-order valence-electron chi connectivity index (χ3n) is 4.12. The Morgan fingerprint density at radius 2 is 1.95 bits per heavy atom. The largest absolute Gasteiger partial charge is 0.393 e. The summed E-state index contributed by atoms with van der Waals surface area (Å²) in [4.78, 5) is 14.3. The molecule has 2 N–H and O–H groups in total. The Labute approximate surface area is 113 Å². The number of nitrogens with one attached hydrogen (secondary N) is 1. The first kappa shape index (κ1) is 12.5. The van der Waals surface area contributed by atoms with Crippen LogP contribution in [0, 0.1) is 0 Å². The first-order valence-corrected chi connectivity index (χ1v) is 7.05. The van der Waals surface area contributed by atoms with E-state index in [4.69, 9.17) is 0 Å². The summed E-state index contributed by atoms with van der Waals surface area (Å²) >= 11 is 0. The lowest BCUT2D eigenvalue weighted by Crippen LogP contribution is -2.48. The van der Waals surface area contributed by atoms with Crippen molar-refractivity contribution in [2.45, 2.75) is 37.8 Å². The molecule has 0 aliphatic carbocycles. The molecule has 1 aromatic rings. The second-order valence-electron chi connectivity index (χ2n) is 5.45. The molecule has 3 rings (SSSR count). The normalized spacial score (nSPS) is 23.6. The fourth-order valence-electron chi connectivity index (χ4n) is 2.93. The molecule has 0 bridgehead atoms. The molecule has 1 unspecified atom stereocenters. The van der Waals surface area contributed by atoms with Gasteiger partial charge >= 0.3 is 0 Å². The van der Waals surface area contributed by atoms with Gasteiger partial charge in [-0.15, -0.1) is 0 Å². The van der Waals surface area contributed by atoms with Crippen molar-refractivity contribution in [2.75, 3.05) is 18.4 Å². The van der Waals surface area contributed by atoms with Gasteiger partial charge in [-0.2, -0.15) is 0 Å². The van der Waals surface area contributed by atoms with Crippen LogP contribution in [0.5, 0.6) is 0 Å². The third kappa shape index (κ3) is 2.59. The number of amides is 1. The van der Waals surface area contributed by atoms with Crippen molar-refractivity contribution < 1.29 is 9.90 Å². The predicted molar refractivity (Wildman–Crippen MR) is 74.0 cm³/mol. The minimum atomic E-state index is -0.232. The number of carbonyl (C=O) groups is 1. The quantitative estimate of drug-likeness (QED) is 0.802. The van der Waals surface area contributed by atoms with Crippen LogP contribution < -0.4 is 5.32 Å². The number of fused-ring (bicyclic) bond motifs is 1. The molecule has 1 atom stereocenters. The fraction of sp³-hybridized carbons (Fsp3) is 0.533. The molecule has 0 radical (unpaired) electrons. The van der Waals surface area contributed by atoms with Crippen LogP contribution in [-0.4, -0.2) is 41.1 Å². The van der Waals surface area contributed by atoms with Gasteiger partial charge in [-0.05, 0) is 37.3 Å². The molecule has 1 amide bonds. The van der Waals surface area contributed by atoms with E-state index in [1.54, 1.807) is 0 Å². The minimum absolute atomic E-state index is 0.106. The van der Waals surface area contributed by atoms with Crippen LogP contribution in [0.25, 0.3) is 0 Å². The molecule has 1 aromatic carbocycles. The van der Waals surface area contributed by atoms with Gasteiger partial charge in [-0.25, -0.2) is 0 Å². The van der Waals surface area contributed by atoms with Gasteiger partial charge < -0.3 is 15.3 Å². The van der Waals surface area contributed by atoms with Gasteiger partial charge in [0.15, 0.2) is 0 Å². The van der Waals surface area contributed by atoms with Crippen molar-refractivity contribution in [1.82, 2.24) is 4.90 Å². The zero-order valence-electron chi connectivity index (χ0n) is 11.0. The maximum atomic E-state index is 12.5. The van der Waals surface area contributed by atoms with E-state index in [9.17, 15) is 9.90 Å². The van der Waals surface area contributed by atoms with Gasteiger partial charge in [0, 0.05) is 18.8 Å². The number of carbonyl (C=O) groups excluding carboxylic acids is 1. The van der Waals surface area contributed by atoms with Crippen molar-refractivity contribution in [1.29, 1.82) is 0 Å². The molecular weight excluding hydrogens is 240 g/mol. The molecule has 19 heavy (non-hydrogen) atoms. The van der Waals surface area contributed by atoms with Crippen molar-refractivity contribution >= 4 is 11.6 Å². The summed E-state index contributed by atoms with van der Waals surface area (Å²) in [7, 11) is 0. The smallest absolute Gasteiger partial charge is 0.245 e. The second kappa shape index (κ2) is 5.21. The van der Waals surface area contributed by atoms with E-state index >= 15 is 0 Å². The van der Waals surface area contributed by atoms with E-state index in [-0.39, 0.29) is 18.1 Å². The Bertz CT molecular complexity index is 467. The lowest BCUT2D eigenvalue weighted by Gasteiger charge is -2.34. The van der Waals surface area contributed by atoms with E-state index < -0.39 is 0 Å². The number of rotatable bonds is 1. The SMILES string of the molecule is O=C(C1CCc2ccccc2N1)N1CCC(O)CC1. The maximum absolute atomic E-state index is 12.5. The third-order valence-corrected chi connectivity index (χ3v) is 4.12. The van der Waals surface area contributed by atoms with Crippen LogP contribution in [0.15, 0.2) is 24.3 Å². The number of hydrogen-bond acceptors (Lipinski definition) is 3. The number of anilines is 1. The minimum Gasteiger partial charge on any atom is -0.393 e. The van der Waals surface area contributed by atoms with Crippen molar-refractivity contribution in [3.8, 4) is 0 Å². The van der Waals surface area contributed by atoms with Crippen molar-refractivity contribution in [3.05, 3.63) is 29.8 Å². The van der Waals surface area contributed by atoms with E-state index in [0.717, 1.165) is 18.5 Å². The molecule has 4 heteroatoms. The lowest BCUT2D eigenvalue weighted by molar-refractivity contribution is -0.134. The second-order valence-corrected chi connectivity index (χ2v) is 5.45. The van der Waals surface area contributed by atoms with Gasteiger partial charge in [-0.3, -0.25) is 4.79 Å². The van der Waals surface area contributed by atoms with Crippen molar-refractivity contribution in [2.24, 2.45) is 0 Å². The number of aliphatic hydroxyl groups is 1. The van der Waals surface area contributed by atoms with E-state index in [1.165, 1.54) is 5.56 Å². The zero-order valence-corrected chi connectivity index (χ0v) is 11.0. The summed E-state index contributed by atoms with van der Waals surface area (Å²) in [5.41, 5.74) is 2.38. The molecule has 1 saturated heterocycles. The summed E-state index contributed by atoms with van der Waals surface area (Å²) in [6.07, 6.45) is 2.98. The average Bonchev–Trinajstić information content (AvgIpc) is 2.47. The Balaban J connectivity index is 1.66. The molecule has 2 heterocycles. The van der Waals surface area contributed by atoms with Crippen LogP contribution in [0.2, 0.25) is 0 Å². The predicted octanol–water partition coefficient (Wildman–Crippen LogP) is 1.40. The number of aliphatic hydroxyl groups excluding tert-OH is 1. The van der Waals surface area contributed by atoms with E-state index in [2.05, 4.69) is 11.4 Å². The summed E-state index contributed by atoms with van der Waals surface area (Å²) < 4.78 is 0. The number of para-hydroxylation sites is 1. The van der Waals surface area contributed by atoms with Gasteiger partial charge in [0.1, 0.15) is 6.04 Å². The van der Waals surface area contributed by atoms with Crippen LogP contribution in [0.4, 0.5) is 5.69 Å². The standard InChI is InChI=1S/C15H20N2O2/c18-12-7-9-17(10-8-12)15(19)14-6-5-11-3-1-2-4-13(11)16-14/h1-4,12,14,16,18H,5-10H2. The van der Waals surface area contributed by atoms with Crippen LogP contribution in [0.3, 0.4) is 0 Å². The Morgan fingerprint density at radius 1 is 1.21 bits per heavy atom. The fourth-order valence-corrected chi connectivity index (χ4v) is 2.93. The number of hydrogen-bond donors (Lipinski definition) is 2. The molecule has 1 fully saturated rings. The monoisotopic (exact) mass is 260 g/mol. The highest BCUT2D eigenvalue weighted by Crippen LogP contribution is 2.25. The maximum Gasteiger partial charge on any atom is 0.245 e. The first-order valence-electron chi connectivity index (χ1n) is 7.05. The van der Waals surface area contributed by atoms with Crippen LogP contribution >= 0.6 is 0 Å². The summed E-state index contributed by atoms with van der Waals surface area (Å²) in [6.45, 7) is 1.36. The Kier molecular flexibility index (Phi) is 3.42. The molecule has 0 saturated carbocycles. The zero-order chi connectivity index (χ0) is 13.2. The molecule has 0 aromatic heterocycles. The molecule has 102 valence electrons. The molecular formula is C15H20N2O2. The van der Waals surface area contributed by atoms with Crippen LogP contribution in [-0.2, 0) is 11.2 Å². The van der Waals surface area contributed by atoms with E-state index in [1.807, 2.05) is 23.1 Å². The number of likely N-dealkylation sites (tertiary alicyclic amines) is 1. The highest BCUT2D eigenvalue weighted by atomic mass is 16.3. The molecule has 4 nitrogen and oxygen atoms in total. The molecule has 2 aliphatic heterocycles. The summed E-state index contributed by atoms with van der Waals surface area (Å²) in [6, 6.07) is 8.07. The Morgan fingerprint density at radius 3 is 2.74 bits per heavy atom. The number of aryl methyl sites for hydroxylation is 1. The number of nitrogens with zero attached hydrogens (tertiary/aromatic N) is 1. The highest BCUT2D eigenvalue weighted by molar-refractivity contribution is 5.85. The number of benzene rings is 1.